The number of esters is 1. The van der Waals surface area contributed by atoms with E-state index in [0.29, 0.717) is 12.1 Å². The molecule has 5 atom stereocenters. The molecule has 1 heterocycles. The van der Waals surface area contributed by atoms with Crippen molar-refractivity contribution in [1.82, 2.24) is 5.32 Å². The van der Waals surface area contributed by atoms with Crippen LogP contribution in [0.3, 0.4) is 0 Å². The standard InChI is InChI=1S/C25H38N2O10/c1-24(2,3)23(33)34-12-14-7-8-16(15(11-14)27-17(29)9-10-26-25(4,5)6)36-22-20(32)18(30)19(31)21(37-22)35-13-28/h7-8,11,13,18-22,26,30-32H,9-10,12H2,1-6H3,(H,27,29)/t18-,19-,20+,21-,22+/m0/s1. The predicted molar refractivity (Wildman–Crippen MR) is 131 cm³/mol. The molecule has 0 aromatic heterocycles. The molecule has 12 nitrogen and oxygen atoms in total. The Kier molecular flexibility index (Phi) is 10.4. The number of aliphatic hydroxyl groups is 3. The van der Waals surface area contributed by atoms with Gasteiger partial charge in [0.25, 0.3) is 6.47 Å². The highest BCUT2D eigenvalue weighted by Crippen LogP contribution is 2.31. The van der Waals surface area contributed by atoms with E-state index in [1.165, 1.54) is 6.07 Å². The van der Waals surface area contributed by atoms with E-state index in [1.807, 2.05) is 20.8 Å². The van der Waals surface area contributed by atoms with Gasteiger partial charge in [-0.05, 0) is 59.2 Å². The lowest BCUT2D eigenvalue weighted by atomic mass is 9.97. The molecule has 1 aromatic carbocycles. The van der Waals surface area contributed by atoms with Crippen molar-refractivity contribution >= 4 is 24.0 Å². The Morgan fingerprint density at radius 3 is 2.27 bits per heavy atom. The van der Waals surface area contributed by atoms with Crippen LogP contribution in [-0.4, -0.2) is 76.6 Å². The Morgan fingerprint density at radius 1 is 1.03 bits per heavy atom. The molecule has 1 aromatic rings. The van der Waals surface area contributed by atoms with Crippen molar-refractivity contribution in [3.05, 3.63) is 23.8 Å². The average Bonchev–Trinajstić information content (AvgIpc) is 2.79. The Balaban J connectivity index is 2.24. The van der Waals surface area contributed by atoms with Crippen LogP contribution in [0.25, 0.3) is 0 Å². The molecule has 1 fully saturated rings. The lowest BCUT2D eigenvalue weighted by Crippen LogP contribution is -2.59. The predicted octanol–water partition coefficient (Wildman–Crippen LogP) is 0.810. The lowest BCUT2D eigenvalue weighted by Gasteiger charge is -2.39. The van der Waals surface area contributed by atoms with Crippen LogP contribution in [0, 0.1) is 5.41 Å². The van der Waals surface area contributed by atoms with E-state index < -0.39 is 42.3 Å². The van der Waals surface area contributed by atoms with Crippen LogP contribution in [0.2, 0.25) is 0 Å². The molecule has 1 aliphatic rings. The molecule has 0 radical (unpaired) electrons. The number of aliphatic hydroxyl groups excluding tert-OH is 3. The fraction of sp³-hybridized carbons (Fsp3) is 0.640. The molecule has 0 aliphatic carbocycles. The number of amides is 1. The Morgan fingerprint density at radius 2 is 1.68 bits per heavy atom. The number of hydrogen-bond acceptors (Lipinski definition) is 11. The van der Waals surface area contributed by atoms with E-state index in [2.05, 4.69) is 15.4 Å². The number of ether oxygens (including phenoxy) is 4. The molecule has 1 amide bonds. The van der Waals surface area contributed by atoms with Crippen LogP contribution >= 0.6 is 0 Å². The van der Waals surface area contributed by atoms with Crippen molar-refractivity contribution in [3.63, 3.8) is 0 Å². The highest BCUT2D eigenvalue weighted by Gasteiger charge is 2.46. The van der Waals surface area contributed by atoms with Gasteiger partial charge in [-0.3, -0.25) is 19.1 Å². The third-order valence-corrected chi connectivity index (χ3v) is 5.27. The summed E-state index contributed by atoms with van der Waals surface area (Å²) in [6, 6.07) is 4.59. The van der Waals surface area contributed by atoms with Gasteiger partial charge in [0.15, 0.2) is 0 Å². The van der Waals surface area contributed by atoms with Crippen molar-refractivity contribution in [2.45, 2.75) is 91.0 Å². The van der Waals surface area contributed by atoms with Crippen LogP contribution in [0.5, 0.6) is 5.75 Å². The zero-order valence-electron chi connectivity index (χ0n) is 22.0. The van der Waals surface area contributed by atoms with Crippen molar-refractivity contribution in [1.29, 1.82) is 0 Å². The summed E-state index contributed by atoms with van der Waals surface area (Å²) in [6.45, 7) is 11.5. The minimum atomic E-state index is -1.73. The maximum absolute atomic E-state index is 12.6. The highest BCUT2D eigenvalue weighted by atomic mass is 16.8. The van der Waals surface area contributed by atoms with Gasteiger partial charge in [-0.1, -0.05) is 6.07 Å². The van der Waals surface area contributed by atoms with Crippen molar-refractivity contribution in [3.8, 4) is 5.75 Å². The molecular weight excluding hydrogens is 488 g/mol. The summed E-state index contributed by atoms with van der Waals surface area (Å²) in [5, 5.41) is 36.4. The Hall–Kier alpha value is -2.77. The minimum Gasteiger partial charge on any atom is -0.460 e. The van der Waals surface area contributed by atoms with E-state index in [4.69, 9.17) is 14.2 Å². The van der Waals surface area contributed by atoms with Crippen LogP contribution in [-0.2, 0) is 35.2 Å². The first-order valence-corrected chi connectivity index (χ1v) is 11.9. The largest absolute Gasteiger partial charge is 0.460 e. The summed E-state index contributed by atoms with van der Waals surface area (Å²) < 4.78 is 21.0. The molecule has 1 saturated heterocycles. The Labute approximate surface area is 216 Å². The molecule has 0 unspecified atom stereocenters. The third-order valence-electron chi connectivity index (χ3n) is 5.27. The molecule has 0 spiro atoms. The second kappa shape index (κ2) is 12.7. The zero-order chi connectivity index (χ0) is 28.0. The fourth-order valence-corrected chi connectivity index (χ4v) is 3.20. The van der Waals surface area contributed by atoms with Crippen LogP contribution in [0.4, 0.5) is 5.69 Å². The van der Waals surface area contributed by atoms with Crippen LogP contribution in [0.15, 0.2) is 18.2 Å². The maximum atomic E-state index is 12.6. The van der Waals surface area contributed by atoms with E-state index in [0.717, 1.165) is 0 Å². The smallest absolute Gasteiger partial charge is 0.311 e. The van der Waals surface area contributed by atoms with Gasteiger partial charge < -0.3 is 40.2 Å². The van der Waals surface area contributed by atoms with Gasteiger partial charge in [0.05, 0.1) is 11.1 Å². The van der Waals surface area contributed by atoms with Crippen LogP contribution < -0.4 is 15.4 Å². The zero-order valence-corrected chi connectivity index (χ0v) is 22.0. The highest BCUT2D eigenvalue weighted by molar-refractivity contribution is 5.92. The fourth-order valence-electron chi connectivity index (χ4n) is 3.20. The SMILES string of the molecule is CC(C)(C)NCCC(=O)Nc1cc(COC(=O)C(C)(C)C)ccc1O[C@@H]1O[C@H](OC=O)[C@@H](O)[C@H](O)[C@H]1O. The van der Waals surface area contributed by atoms with Crippen molar-refractivity contribution < 1.29 is 48.7 Å². The number of hydrogen-bond donors (Lipinski definition) is 5. The van der Waals surface area contributed by atoms with Gasteiger partial charge in [-0.25, -0.2) is 0 Å². The van der Waals surface area contributed by atoms with Gasteiger partial charge in [0.1, 0.15) is 30.7 Å². The summed E-state index contributed by atoms with van der Waals surface area (Å²) in [5.74, 6) is -0.687. The number of carbonyl (C=O) groups is 3. The molecule has 37 heavy (non-hydrogen) atoms. The molecular formula is C25H38N2O10. The monoisotopic (exact) mass is 526 g/mol. The van der Waals surface area contributed by atoms with Gasteiger partial charge in [0.2, 0.25) is 18.5 Å². The second-order valence-electron chi connectivity index (χ2n) is 10.8. The van der Waals surface area contributed by atoms with Crippen molar-refractivity contribution in [2.75, 3.05) is 11.9 Å². The summed E-state index contributed by atoms with van der Waals surface area (Å²) >= 11 is 0. The van der Waals surface area contributed by atoms with Crippen LogP contribution in [0.1, 0.15) is 53.5 Å². The second-order valence-corrected chi connectivity index (χ2v) is 10.8. The normalized spacial score (nSPS) is 24.2. The lowest BCUT2D eigenvalue weighted by molar-refractivity contribution is -0.321. The van der Waals surface area contributed by atoms with E-state index >= 15 is 0 Å². The quantitative estimate of drug-likeness (QED) is 0.216. The van der Waals surface area contributed by atoms with E-state index in [9.17, 15) is 29.7 Å². The first kappa shape index (κ1) is 30.5. The molecule has 5 N–H and O–H groups in total. The third kappa shape index (κ3) is 9.24. The number of nitrogens with one attached hydrogen (secondary N) is 2. The number of rotatable bonds is 10. The van der Waals surface area contributed by atoms with Gasteiger partial charge in [-0.2, -0.15) is 0 Å². The molecule has 1 aliphatic heterocycles. The van der Waals surface area contributed by atoms with Gasteiger partial charge in [0, 0.05) is 18.5 Å². The van der Waals surface area contributed by atoms with E-state index in [1.54, 1.807) is 32.9 Å². The number of anilines is 1. The maximum Gasteiger partial charge on any atom is 0.311 e. The molecule has 12 heteroatoms. The van der Waals surface area contributed by atoms with Crippen molar-refractivity contribution in [2.24, 2.45) is 5.41 Å². The molecule has 2 rings (SSSR count). The summed E-state index contributed by atoms with van der Waals surface area (Å²) in [4.78, 5) is 35.5. The first-order chi connectivity index (χ1) is 17.1. The number of benzene rings is 1. The van der Waals surface area contributed by atoms with E-state index in [-0.39, 0.29) is 42.4 Å². The first-order valence-electron chi connectivity index (χ1n) is 11.9. The van der Waals surface area contributed by atoms with Gasteiger partial charge >= 0.3 is 5.97 Å². The van der Waals surface area contributed by atoms with Gasteiger partial charge in [-0.15, -0.1) is 0 Å². The topological polar surface area (TPSA) is 173 Å². The summed E-state index contributed by atoms with van der Waals surface area (Å²) in [5.41, 5.74) is -0.129. The Bertz CT molecular complexity index is 940. The molecule has 208 valence electrons. The molecule has 0 saturated carbocycles. The minimum absolute atomic E-state index is 0.0281. The number of carbonyl (C=O) groups excluding carboxylic acids is 3. The average molecular weight is 527 g/mol. The summed E-state index contributed by atoms with van der Waals surface area (Å²) in [7, 11) is 0. The molecule has 0 bridgehead atoms. The summed E-state index contributed by atoms with van der Waals surface area (Å²) in [6.07, 6.45) is -8.13.